The third-order valence-electron chi connectivity index (χ3n) is 6.57. The van der Waals surface area contributed by atoms with Gasteiger partial charge in [0.2, 0.25) is 5.91 Å². The smallest absolute Gasteiger partial charge is 0.339 e. The van der Waals surface area contributed by atoms with Crippen LogP contribution in [0.4, 0.5) is 5.69 Å². The van der Waals surface area contributed by atoms with E-state index in [0.717, 1.165) is 31.5 Å². The van der Waals surface area contributed by atoms with E-state index >= 15 is 0 Å². The standard InChI is InChI=1S/C29H40N2O4/c1-4-35-27-19-22(14-15-24(27)29(33)34)20-28(32)30-25(16-13-21(2)3)23-11-7-8-12-26(23)31-17-9-5-6-10-18-31/h7-8,11-12,14-15,19,21,25H,4-6,9-10,13,16-18,20H2,1-3H3,(H,30,32)(H,33,34). The summed E-state index contributed by atoms with van der Waals surface area (Å²) in [5.41, 5.74) is 3.25. The van der Waals surface area contributed by atoms with Gasteiger partial charge in [-0.1, -0.05) is 51.0 Å². The fourth-order valence-corrected chi connectivity index (χ4v) is 4.75. The zero-order valence-electron chi connectivity index (χ0n) is 21.4. The van der Waals surface area contributed by atoms with Crippen LogP contribution in [0, 0.1) is 5.92 Å². The van der Waals surface area contributed by atoms with Crippen LogP contribution >= 0.6 is 0 Å². The molecule has 6 heteroatoms. The highest BCUT2D eigenvalue weighted by Crippen LogP contribution is 2.32. The average molecular weight is 481 g/mol. The van der Waals surface area contributed by atoms with Crippen LogP contribution in [-0.4, -0.2) is 36.7 Å². The number of nitrogens with zero attached hydrogens (tertiary/aromatic N) is 1. The zero-order valence-corrected chi connectivity index (χ0v) is 21.4. The van der Waals surface area contributed by atoms with Crippen molar-refractivity contribution in [3.8, 4) is 5.75 Å². The molecule has 1 aliphatic heterocycles. The Morgan fingerprint density at radius 3 is 2.40 bits per heavy atom. The second-order valence-corrected chi connectivity index (χ2v) is 9.80. The van der Waals surface area contributed by atoms with E-state index in [1.165, 1.54) is 43.0 Å². The lowest BCUT2D eigenvalue weighted by Gasteiger charge is -2.29. The first kappa shape index (κ1) is 26.6. The van der Waals surface area contributed by atoms with Crippen molar-refractivity contribution in [2.45, 2.75) is 71.8 Å². The van der Waals surface area contributed by atoms with Gasteiger partial charge in [0.1, 0.15) is 11.3 Å². The van der Waals surface area contributed by atoms with Gasteiger partial charge >= 0.3 is 5.97 Å². The number of hydrogen-bond donors (Lipinski definition) is 2. The van der Waals surface area contributed by atoms with Crippen LogP contribution in [0.2, 0.25) is 0 Å². The molecule has 1 aliphatic rings. The van der Waals surface area contributed by atoms with Crippen LogP contribution in [-0.2, 0) is 11.2 Å². The fourth-order valence-electron chi connectivity index (χ4n) is 4.75. The normalized spacial score (nSPS) is 14.9. The van der Waals surface area contributed by atoms with Crippen molar-refractivity contribution in [2.24, 2.45) is 5.92 Å². The number of ether oxygens (including phenoxy) is 1. The summed E-state index contributed by atoms with van der Waals surface area (Å²) in [6.45, 7) is 8.69. The van der Waals surface area contributed by atoms with E-state index in [4.69, 9.17) is 4.74 Å². The van der Waals surface area contributed by atoms with Crippen molar-refractivity contribution in [3.05, 3.63) is 59.2 Å². The molecular weight excluding hydrogens is 440 g/mol. The zero-order chi connectivity index (χ0) is 25.2. The predicted molar refractivity (Wildman–Crippen MR) is 140 cm³/mol. The Morgan fingerprint density at radius 2 is 1.74 bits per heavy atom. The fraction of sp³-hybridized carbons (Fsp3) is 0.517. The molecule has 0 spiro atoms. The maximum Gasteiger partial charge on any atom is 0.339 e. The van der Waals surface area contributed by atoms with Crippen molar-refractivity contribution >= 4 is 17.6 Å². The molecule has 1 atom stereocenters. The van der Waals surface area contributed by atoms with Gasteiger partial charge in [-0.2, -0.15) is 0 Å². The number of hydrogen-bond acceptors (Lipinski definition) is 4. The van der Waals surface area contributed by atoms with Crippen LogP contribution in [0.5, 0.6) is 5.75 Å². The number of nitrogens with one attached hydrogen (secondary N) is 1. The molecule has 0 bridgehead atoms. The van der Waals surface area contributed by atoms with E-state index in [1.54, 1.807) is 12.1 Å². The molecule has 2 aromatic rings. The van der Waals surface area contributed by atoms with Gasteiger partial charge in [0, 0.05) is 18.8 Å². The topological polar surface area (TPSA) is 78.9 Å². The number of amides is 1. The molecular formula is C29H40N2O4. The van der Waals surface area contributed by atoms with Gasteiger partial charge in [-0.3, -0.25) is 4.79 Å². The first-order chi connectivity index (χ1) is 16.9. The van der Waals surface area contributed by atoms with E-state index < -0.39 is 5.97 Å². The van der Waals surface area contributed by atoms with Crippen molar-refractivity contribution in [1.82, 2.24) is 5.32 Å². The van der Waals surface area contributed by atoms with Crippen molar-refractivity contribution < 1.29 is 19.4 Å². The Balaban J connectivity index is 1.81. The van der Waals surface area contributed by atoms with E-state index in [-0.39, 0.29) is 23.9 Å². The summed E-state index contributed by atoms with van der Waals surface area (Å²) in [6, 6.07) is 13.3. The SMILES string of the molecule is CCOc1cc(CC(=O)NC(CCC(C)C)c2ccccc2N2CCCCCC2)ccc1C(=O)O. The highest BCUT2D eigenvalue weighted by Gasteiger charge is 2.22. The third-order valence-corrected chi connectivity index (χ3v) is 6.57. The van der Waals surface area contributed by atoms with Crippen LogP contribution in [0.15, 0.2) is 42.5 Å². The molecule has 1 unspecified atom stereocenters. The van der Waals surface area contributed by atoms with Crippen LogP contribution in [0.25, 0.3) is 0 Å². The van der Waals surface area contributed by atoms with E-state index in [0.29, 0.717) is 18.3 Å². The summed E-state index contributed by atoms with van der Waals surface area (Å²) < 4.78 is 5.51. The molecule has 0 aliphatic carbocycles. The second-order valence-electron chi connectivity index (χ2n) is 9.80. The Hall–Kier alpha value is -3.02. The quantitative estimate of drug-likeness (QED) is 0.412. The minimum Gasteiger partial charge on any atom is -0.493 e. The molecule has 0 saturated carbocycles. The predicted octanol–water partition coefficient (Wildman–Crippen LogP) is 6.00. The van der Waals surface area contributed by atoms with E-state index in [1.807, 2.05) is 6.92 Å². The number of anilines is 1. The van der Waals surface area contributed by atoms with Crippen molar-refractivity contribution in [1.29, 1.82) is 0 Å². The monoisotopic (exact) mass is 480 g/mol. The van der Waals surface area contributed by atoms with Gasteiger partial charge in [0.25, 0.3) is 0 Å². The molecule has 0 radical (unpaired) electrons. The molecule has 0 aromatic heterocycles. The number of carbonyl (C=O) groups excluding carboxylic acids is 1. The van der Waals surface area contributed by atoms with Gasteiger partial charge in [0.15, 0.2) is 0 Å². The van der Waals surface area contributed by atoms with Crippen LogP contribution < -0.4 is 15.0 Å². The number of aromatic carboxylic acids is 1. The summed E-state index contributed by atoms with van der Waals surface area (Å²) in [7, 11) is 0. The van der Waals surface area contributed by atoms with Crippen LogP contribution in [0.1, 0.15) is 86.8 Å². The number of carbonyl (C=O) groups is 2. The second kappa shape index (κ2) is 13.2. The minimum atomic E-state index is -1.04. The Morgan fingerprint density at radius 1 is 1.03 bits per heavy atom. The Labute approximate surface area is 209 Å². The van der Waals surface area contributed by atoms with Gasteiger partial charge in [-0.05, 0) is 67.9 Å². The Kier molecular flexibility index (Phi) is 10.0. The lowest BCUT2D eigenvalue weighted by Crippen LogP contribution is -2.32. The summed E-state index contributed by atoms with van der Waals surface area (Å²) in [5.74, 6) is -0.275. The number of para-hydroxylation sites is 1. The molecule has 2 aromatic carbocycles. The van der Waals surface area contributed by atoms with Gasteiger partial charge < -0.3 is 20.1 Å². The van der Waals surface area contributed by atoms with Crippen LogP contribution in [0.3, 0.4) is 0 Å². The molecule has 1 amide bonds. The van der Waals surface area contributed by atoms with Crippen molar-refractivity contribution in [2.75, 3.05) is 24.6 Å². The summed E-state index contributed by atoms with van der Waals surface area (Å²) in [6.07, 6.45) is 7.01. The molecule has 2 N–H and O–H groups in total. The first-order valence-corrected chi connectivity index (χ1v) is 13.0. The number of rotatable bonds is 11. The lowest BCUT2D eigenvalue weighted by atomic mass is 9.95. The molecule has 3 rings (SSSR count). The molecule has 1 fully saturated rings. The molecule has 6 nitrogen and oxygen atoms in total. The highest BCUT2D eigenvalue weighted by atomic mass is 16.5. The minimum absolute atomic E-state index is 0.0741. The largest absolute Gasteiger partial charge is 0.493 e. The van der Waals surface area contributed by atoms with Gasteiger partial charge in [-0.25, -0.2) is 4.79 Å². The van der Waals surface area contributed by atoms with Crippen molar-refractivity contribution in [3.63, 3.8) is 0 Å². The number of carboxylic acid groups (broad SMARTS) is 1. The summed E-state index contributed by atoms with van der Waals surface area (Å²) >= 11 is 0. The maximum atomic E-state index is 13.2. The third kappa shape index (κ3) is 7.74. The number of carboxylic acids is 1. The Bertz CT molecular complexity index is 980. The number of benzene rings is 2. The molecule has 190 valence electrons. The van der Waals surface area contributed by atoms with Gasteiger partial charge in [0.05, 0.1) is 19.1 Å². The van der Waals surface area contributed by atoms with Gasteiger partial charge in [-0.15, -0.1) is 0 Å². The lowest BCUT2D eigenvalue weighted by molar-refractivity contribution is -0.121. The average Bonchev–Trinajstić information content (AvgIpc) is 3.11. The summed E-state index contributed by atoms with van der Waals surface area (Å²) in [5, 5.41) is 12.7. The summed E-state index contributed by atoms with van der Waals surface area (Å²) in [4.78, 5) is 27.2. The van der Waals surface area contributed by atoms with E-state index in [2.05, 4.69) is 48.3 Å². The molecule has 1 heterocycles. The highest BCUT2D eigenvalue weighted by molar-refractivity contribution is 5.91. The first-order valence-electron chi connectivity index (χ1n) is 13.0. The molecule has 1 saturated heterocycles. The maximum absolute atomic E-state index is 13.2. The molecule has 35 heavy (non-hydrogen) atoms. The van der Waals surface area contributed by atoms with E-state index in [9.17, 15) is 14.7 Å².